The zero-order valence-corrected chi connectivity index (χ0v) is 27.3. The van der Waals surface area contributed by atoms with Crippen LogP contribution in [0.15, 0.2) is 140 Å². The predicted molar refractivity (Wildman–Crippen MR) is 191 cm³/mol. The maximum atomic E-state index is 14.2. The van der Waals surface area contributed by atoms with Crippen molar-refractivity contribution in [2.45, 2.75) is 12.4 Å². The molecule has 0 atom stereocenters. The normalized spacial score (nSPS) is 11.9. The van der Waals surface area contributed by atoms with Gasteiger partial charge in [0, 0.05) is 27.5 Å². The summed E-state index contributed by atoms with van der Waals surface area (Å²) in [5.74, 6) is 1.26. The monoisotopic (exact) mass is 711 g/mol. The van der Waals surface area contributed by atoms with E-state index in [1.54, 1.807) is 42.5 Å². The van der Waals surface area contributed by atoms with E-state index >= 15 is 0 Å². The fraction of sp³-hybridized carbons (Fsp3) is 0.0476. The second-order valence-electron chi connectivity index (χ2n) is 12.2. The highest BCUT2D eigenvalue weighted by Crippen LogP contribution is 2.43. The Morgan fingerprint density at radius 3 is 1.66 bits per heavy atom. The van der Waals surface area contributed by atoms with Crippen LogP contribution in [-0.4, -0.2) is 19.5 Å². The van der Waals surface area contributed by atoms with Gasteiger partial charge in [-0.25, -0.2) is 15.0 Å². The Bertz CT molecular complexity index is 2650. The van der Waals surface area contributed by atoms with Crippen LogP contribution in [-0.2, 0) is 12.4 Å². The third kappa shape index (κ3) is 6.14. The summed E-state index contributed by atoms with van der Waals surface area (Å²) in [4.78, 5) is 14.4. The van der Waals surface area contributed by atoms with E-state index in [1.807, 2.05) is 71.3 Å². The molecule has 0 spiro atoms. The average Bonchev–Trinajstić information content (AvgIpc) is 3.50. The first kappa shape index (κ1) is 33.3. The molecule has 2 heterocycles. The number of aromatic nitrogens is 4. The van der Waals surface area contributed by atoms with E-state index in [4.69, 9.17) is 15.0 Å². The molecule has 0 saturated carbocycles. The second-order valence-corrected chi connectivity index (χ2v) is 12.2. The summed E-state index contributed by atoms with van der Waals surface area (Å²) < 4.78 is 84.7. The standard InChI is InChI=1S/C42H23F6N5/c43-41(44,45)30-18-19-31(34(23-30)42(46,47)48)27-17-20-36-33(21-27)32-13-7-8-14-35(32)53(36)37-22-28(15-16-29(37)24-49)40-51-38(25-9-3-1-4-10-25)50-39(52-40)26-11-5-2-6-12-26/h1-23H. The molecular formula is C42H23F6N5. The number of benzene rings is 6. The van der Waals surface area contributed by atoms with Gasteiger partial charge < -0.3 is 4.57 Å². The molecule has 0 unspecified atom stereocenters. The van der Waals surface area contributed by atoms with Crippen molar-refractivity contribution in [3.63, 3.8) is 0 Å². The molecule has 0 bridgehead atoms. The van der Waals surface area contributed by atoms with Gasteiger partial charge in [0.2, 0.25) is 0 Å². The molecule has 53 heavy (non-hydrogen) atoms. The molecule has 0 aliphatic rings. The summed E-state index contributed by atoms with van der Waals surface area (Å²) in [7, 11) is 0. The first-order valence-electron chi connectivity index (χ1n) is 16.2. The highest BCUT2D eigenvalue weighted by atomic mass is 19.4. The van der Waals surface area contributed by atoms with Crippen molar-refractivity contribution >= 4 is 21.8 Å². The molecule has 0 fully saturated rings. The largest absolute Gasteiger partial charge is 0.417 e. The lowest BCUT2D eigenvalue weighted by Crippen LogP contribution is -2.12. The minimum absolute atomic E-state index is 0.0859. The maximum Gasteiger partial charge on any atom is 0.417 e. The van der Waals surface area contributed by atoms with E-state index in [0.29, 0.717) is 62.2 Å². The van der Waals surface area contributed by atoms with Crippen LogP contribution >= 0.6 is 0 Å². The minimum Gasteiger partial charge on any atom is -0.308 e. The molecule has 11 heteroatoms. The van der Waals surface area contributed by atoms with Crippen molar-refractivity contribution in [3.05, 3.63) is 156 Å². The van der Waals surface area contributed by atoms with Crippen molar-refractivity contribution in [2.75, 3.05) is 0 Å². The van der Waals surface area contributed by atoms with Crippen molar-refractivity contribution in [3.8, 4) is 57.0 Å². The van der Waals surface area contributed by atoms with Gasteiger partial charge in [-0.2, -0.15) is 31.6 Å². The first-order chi connectivity index (χ1) is 25.5. The van der Waals surface area contributed by atoms with Crippen molar-refractivity contribution in [1.29, 1.82) is 5.26 Å². The Morgan fingerprint density at radius 2 is 1.06 bits per heavy atom. The summed E-state index contributed by atoms with van der Waals surface area (Å²) in [5.41, 5.74) is 1.06. The molecule has 6 aromatic carbocycles. The Hall–Kier alpha value is -6.80. The van der Waals surface area contributed by atoms with Gasteiger partial charge in [0.15, 0.2) is 17.5 Å². The molecule has 0 aliphatic carbocycles. The molecule has 0 aliphatic heterocycles. The average molecular weight is 712 g/mol. The molecule has 0 radical (unpaired) electrons. The minimum atomic E-state index is -5.04. The van der Waals surface area contributed by atoms with E-state index in [0.717, 1.165) is 17.2 Å². The van der Waals surface area contributed by atoms with Crippen molar-refractivity contribution < 1.29 is 26.3 Å². The lowest BCUT2D eigenvalue weighted by molar-refractivity contribution is -0.142. The van der Waals surface area contributed by atoms with E-state index in [9.17, 15) is 31.6 Å². The first-order valence-corrected chi connectivity index (χ1v) is 16.2. The number of alkyl halides is 6. The fourth-order valence-corrected chi connectivity index (χ4v) is 6.49. The summed E-state index contributed by atoms with van der Waals surface area (Å²) >= 11 is 0. The number of nitriles is 1. The molecular weight excluding hydrogens is 688 g/mol. The Kier molecular flexibility index (Phi) is 8.03. The Morgan fingerprint density at radius 1 is 0.491 bits per heavy atom. The van der Waals surface area contributed by atoms with Crippen LogP contribution in [0.4, 0.5) is 26.3 Å². The number of rotatable bonds is 5. The van der Waals surface area contributed by atoms with Gasteiger partial charge in [0.05, 0.1) is 33.4 Å². The highest BCUT2D eigenvalue weighted by molar-refractivity contribution is 6.10. The molecule has 0 N–H and O–H groups in total. The molecule has 258 valence electrons. The van der Waals surface area contributed by atoms with Gasteiger partial charge >= 0.3 is 12.4 Å². The smallest absolute Gasteiger partial charge is 0.308 e. The van der Waals surface area contributed by atoms with Gasteiger partial charge in [-0.05, 0) is 59.7 Å². The highest BCUT2D eigenvalue weighted by Gasteiger charge is 2.38. The molecule has 8 rings (SSSR count). The van der Waals surface area contributed by atoms with E-state index in [-0.39, 0.29) is 17.2 Å². The maximum absolute atomic E-state index is 14.2. The van der Waals surface area contributed by atoms with Gasteiger partial charge in [-0.15, -0.1) is 0 Å². The van der Waals surface area contributed by atoms with Crippen molar-refractivity contribution in [2.24, 2.45) is 0 Å². The zero-order chi connectivity index (χ0) is 36.9. The predicted octanol–water partition coefficient (Wildman–Crippen LogP) is 11.5. The summed E-state index contributed by atoms with van der Waals surface area (Å²) in [6.07, 6.45) is -9.99. The quantitative estimate of drug-likeness (QED) is 0.167. The van der Waals surface area contributed by atoms with Crippen LogP contribution in [0.3, 0.4) is 0 Å². The van der Waals surface area contributed by atoms with Crippen LogP contribution in [0.2, 0.25) is 0 Å². The van der Waals surface area contributed by atoms with E-state index < -0.39 is 23.5 Å². The fourth-order valence-electron chi connectivity index (χ4n) is 6.49. The molecule has 5 nitrogen and oxygen atoms in total. The third-order valence-corrected chi connectivity index (χ3v) is 8.95. The number of fused-ring (bicyclic) bond motifs is 3. The molecule has 0 amide bonds. The zero-order valence-electron chi connectivity index (χ0n) is 27.3. The number of hydrogen-bond acceptors (Lipinski definition) is 4. The second kappa shape index (κ2) is 12.8. The van der Waals surface area contributed by atoms with Crippen LogP contribution in [0, 0.1) is 11.3 Å². The van der Waals surface area contributed by atoms with Gasteiger partial charge in [0.1, 0.15) is 6.07 Å². The number of nitrogens with zero attached hydrogens (tertiary/aromatic N) is 5. The molecule has 2 aromatic heterocycles. The van der Waals surface area contributed by atoms with Crippen molar-refractivity contribution in [1.82, 2.24) is 19.5 Å². The van der Waals surface area contributed by atoms with E-state index in [1.165, 1.54) is 12.1 Å². The van der Waals surface area contributed by atoms with Crippen LogP contribution in [0.25, 0.3) is 72.8 Å². The Balaban J connectivity index is 1.33. The van der Waals surface area contributed by atoms with E-state index in [2.05, 4.69) is 6.07 Å². The molecule has 8 aromatic rings. The summed E-state index contributed by atoms with van der Waals surface area (Å²) in [6, 6.07) is 39.8. The number of hydrogen-bond donors (Lipinski definition) is 0. The summed E-state index contributed by atoms with van der Waals surface area (Å²) in [6.45, 7) is 0. The lowest BCUT2D eigenvalue weighted by atomic mass is 9.95. The van der Waals surface area contributed by atoms with Gasteiger partial charge in [0.25, 0.3) is 0 Å². The van der Waals surface area contributed by atoms with Crippen LogP contribution in [0.1, 0.15) is 16.7 Å². The number of para-hydroxylation sites is 1. The molecule has 0 saturated heterocycles. The van der Waals surface area contributed by atoms with Gasteiger partial charge in [-0.3, -0.25) is 0 Å². The lowest BCUT2D eigenvalue weighted by Gasteiger charge is -2.16. The third-order valence-electron chi connectivity index (χ3n) is 8.95. The number of halogens is 6. The topological polar surface area (TPSA) is 67.4 Å². The van der Waals surface area contributed by atoms with Crippen LogP contribution in [0.5, 0.6) is 0 Å². The Labute approximate surface area is 298 Å². The van der Waals surface area contributed by atoms with Gasteiger partial charge in [-0.1, -0.05) is 91.0 Å². The summed E-state index contributed by atoms with van der Waals surface area (Å²) in [5, 5.41) is 11.5. The van der Waals surface area contributed by atoms with Crippen LogP contribution < -0.4 is 0 Å². The SMILES string of the molecule is N#Cc1ccc(-c2nc(-c3ccccc3)nc(-c3ccccc3)n2)cc1-n1c2ccccc2c2cc(-c3ccc(C(F)(F)F)cc3C(F)(F)F)ccc21.